The van der Waals surface area contributed by atoms with E-state index in [9.17, 15) is 13.2 Å². The number of hydrogen-bond acceptors (Lipinski definition) is 5. The van der Waals surface area contributed by atoms with Crippen molar-refractivity contribution in [2.75, 3.05) is 18.1 Å². The van der Waals surface area contributed by atoms with Gasteiger partial charge in [0.15, 0.2) is 0 Å². The van der Waals surface area contributed by atoms with Crippen molar-refractivity contribution in [2.24, 2.45) is 0 Å². The third-order valence-electron chi connectivity index (χ3n) is 5.57. The molecule has 0 bridgehead atoms. The van der Waals surface area contributed by atoms with Gasteiger partial charge in [-0.25, -0.2) is 8.42 Å². The first-order valence-electron chi connectivity index (χ1n) is 10.6. The molecule has 0 spiro atoms. The summed E-state index contributed by atoms with van der Waals surface area (Å²) in [7, 11) is -1.74. The molecule has 0 fully saturated rings. The number of H-pyrrole nitrogens is 1. The Kier molecular flexibility index (Phi) is 6.38. The number of ether oxygens (including phenoxy) is 1. The van der Waals surface area contributed by atoms with Gasteiger partial charge in [0.25, 0.3) is 5.56 Å². The van der Waals surface area contributed by atoms with Crippen LogP contribution in [0.25, 0.3) is 33.2 Å². The molecule has 2 heterocycles. The number of methoxy groups -OCH3 is 1. The molecule has 2 aromatic carbocycles. The van der Waals surface area contributed by atoms with Gasteiger partial charge in [-0.15, -0.1) is 0 Å². The second-order valence-corrected chi connectivity index (χ2v) is 10.2. The van der Waals surface area contributed by atoms with Gasteiger partial charge < -0.3 is 9.72 Å². The van der Waals surface area contributed by atoms with Crippen LogP contribution in [0.2, 0.25) is 5.02 Å². The van der Waals surface area contributed by atoms with Gasteiger partial charge in [-0.3, -0.25) is 14.5 Å². The Morgan fingerprint density at radius 3 is 2.41 bits per heavy atom. The molecule has 9 heteroatoms. The highest BCUT2D eigenvalue weighted by Gasteiger charge is 2.18. The highest BCUT2D eigenvalue weighted by Crippen LogP contribution is 2.38. The van der Waals surface area contributed by atoms with Gasteiger partial charge in [0, 0.05) is 34.1 Å². The number of nitrogens with zero attached hydrogens (tertiary/aromatic N) is 1. The lowest BCUT2D eigenvalue weighted by atomic mass is 9.95. The van der Waals surface area contributed by atoms with Gasteiger partial charge >= 0.3 is 0 Å². The Balaban J connectivity index is 1.92. The summed E-state index contributed by atoms with van der Waals surface area (Å²) >= 11 is 6.32. The fraction of sp³-hybridized carbons (Fsp3) is 0.200. The maximum Gasteiger partial charge on any atom is 0.256 e. The number of hydrogen-bond donors (Lipinski definition) is 2. The van der Waals surface area contributed by atoms with Crippen LogP contribution >= 0.6 is 11.6 Å². The summed E-state index contributed by atoms with van der Waals surface area (Å²) in [6.45, 7) is 3.77. The van der Waals surface area contributed by atoms with E-state index in [1.54, 1.807) is 38.4 Å². The van der Waals surface area contributed by atoms with Crippen LogP contribution in [-0.2, 0) is 16.4 Å². The summed E-state index contributed by atoms with van der Waals surface area (Å²) < 4.78 is 31.2. The predicted molar refractivity (Wildman–Crippen MR) is 137 cm³/mol. The van der Waals surface area contributed by atoms with E-state index in [4.69, 9.17) is 21.3 Å². The lowest BCUT2D eigenvalue weighted by Crippen LogP contribution is -2.11. The summed E-state index contributed by atoms with van der Waals surface area (Å²) in [6.07, 6.45) is 3.52. The maximum atomic E-state index is 12.8. The molecule has 0 aliphatic carbocycles. The zero-order valence-electron chi connectivity index (χ0n) is 19.2. The third-order valence-corrected chi connectivity index (χ3v) is 6.57. The van der Waals surface area contributed by atoms with Gasteiger partial charge in [0.05, 0.1) is 29.5 Å². The summed E-state index contributed by atoms with van der Waals surface area (Å²) in [6, 6.07) is 12.6. The highest BCUT2D eigenvalue weighted by molar-refractivity contribution is 7.92. The molecule has 0 saturated carbocycles. The monoisotopic (exact) mass is 497 g/mol. The topological polar surface area (TPSA) is 101 Å². The van der Waals surface area contributed by atoms with E-state index in [1.165, 1.54) is 0 Å². The van der Waals surface area contributed by atoms with Gasteiger partial charge in [-0.05, 0) is 54.8 Å². The zero-order chi connectivity index (χ0) is 24.6. The Bertz CT molecular complexity index is 1560. The molecule has 0 radical (unpaired) electrons. The van der Waals surface area contributed by atoms with Crippen molar-refractivity contribution < 1.29 is 13.2 Å². The van der Waals surface area contributed by atoms with Gasteiger partial charge in [-0.1, -0.05) is 30.7 Å². The normalized spacial score (nSPS) is 11.6. The van der Waals surface area contributed by atoms with Crippen LogP contribution in [0.3, 0.4) is 0 Å². The van der Waals surface area contributed by atoms with Crippen LogP contribution in [0.5, 0.6) is 5.75 Å². The fourth-order valence-electron chi connectivity index (χ4n) is 3.94. The molecule has 4 aromatic rings. The molecule has 0 unspecified atom stereocenters. The van der Waals surface area contributed by atoms with E-state index >= 15 is 0 Å². The number of benzene rings is 2. The second kappa shape index (κ2) is 9.12. The minimum absolute atomic E-state index is 0.240. The number of fused-ring (bicyclic) bond motifs is 1. The standard InChI is InChI=1S/C25H24ClN3O4S/c1-5-15-10-19(20-12-22(26)14(2)28-25(20)30)23-21(24(15)33-3)11-17(13-27-23)16-6-8-18(9-7-16)29-34(4,31)32/h6-13,29H,5H2,1-4H3,(H,28,30). The van der Waals surface area contributed by atoms with Crippen LogP contribution in [0, 0.1) is 6.92 Å². The molecule has 4 rings (SSSR count). The number of halogens is 1. The van der Waals surface area contributed by atoms with Crippen molar-refractivity contribution in [2.45, 2.75) is 20.3 Å². The van der Waals surface area contributed by atoms with Crippen molar-refractivity contribution in [1.82, 2.24) is 9.97 Å². The van der Waals surface area contributed by atoms with Gasteiger partial charge in [0.2, 0.25) is 10.0 Å². The molecule has 0 atom stereocenters. The van der Waals surface area contributed by atoms with Crippen molar-refractivity contribution in [3.05, 3.63) is 75.3 Å². The second-order valence-electron chi connectivity index (χ2n) is 8.03. The van der Waals surface area contributed by atoms with Crippen molar-refractivity contribution in [3.8, 4) is 28.0 Å². The van der Waals surface area contributed by atoms with E-state index in [1.807, 2.05) is 31.2 Å². The fourth-order valence-corrected chi connectivity index (χ4v) is 4.66. The first-order chi connectivity index (χ1) is 16.1. The van der Waals surface area contributed by atoms with Crippen LogP contribution in [0.15, 0.2) is 53.5 Å². The van der Waals surface area contributed by atoms with E-state index in [-0.39, 0.29) is 5.56 Å². The van der Waals surface area contributed by atoms with E-state index < -0.39 is 10.0 Å². The predicted octanol–water partition coefficient (Wildman–Crippen LogP) is 5.16. The number of aryl methyl sites for hydroxylation is 2. The Morgan fingerprint density at radius 2 is 1.79 bits per heavy atom. The Hall–Kier alpha value is -3.36. The SMILES string of the molecule is CCc1cc(-c2cc(Cl)c(C)[nH]c2=O)c2ncc(-c3ccc(NS(C)(=O)=O)cc3)cc2c1OC. The average Bonchev–Trinajstić information content (AvgIpc) is 2.79. The Labute approximate surface area is 202 Å². The molecule has 0 saturated heterocycles. The number of aromatic nitrogens is 2. The van der Waals surface area contributed by atoms with Crippen molar-refractivity contribution in [1.29, 1.82) is 0 Å². The van der Waals surface area contributed by atoms with Crippen LogP contribution < -0.4 is 15.0 Å². The minimum atomic E-state index is -3.36. The highest BCUT2D eigenvalue weighted by atomic mass is 35.5. The third kappa shape index (κ3) is 4.64. The molecule has 2 N–H and O–H groups in total. The Morgan fingerprint density at radius 1 is 1.09 bits per heavy atom. The number of sulfonamides is 1. The number of rotatable bonds is 6. The molecule has 176 valence electrons. The number of aromatic amines is 1. The largest absolute Gasteiger partial charge is 0.496 e. The van der Waals surface area contributed by atoms with Crippen LogP contribution in [0.1, 0.15) is 18.2 Å². The first-order valence-corrected chi connectivity index (χ1v) is 12.9. The number of pyridine rings is 2. The molecule has 0 aliphatic heterocycles. The van der Waals surface area contributed by atoms with E-state index in [0.717, 1.165) is 28.3 Å². The minimum Gasteiger partial charge on any atom is -0.496 e. The van der Waals surface area contributed by atoms with E-state index in [0.29, 0.717) is 45.2 Å². The van der Waals surface area contributed by atoms with Crippen LogP contribution in [-0.4, -0.2) is 31.8 Å². The summed E-state index contributed by atoms with van der Waals surface area (Å²) in [5.74, 6) is 0.695. The average molecular weight is 498 g/mol. The van der Waals surface area contributed by atoms with Crippen LogP contribution in [0.4, 0.5) is 5.69 Å². The molecule has 0 amide bonds. The summed E-state index contributed by atoms with van der Waals surface area (Å²) in [5, 5.41) is 1.24. The van der Waals surface area contributed by atoms with Gasteiger partial charge in [-0.2, -0.15) is 0 Å². The lowest BCUT2D eigenvalue weighted by molar-refractivity contribution is 0.415. The van der Waals surface area contributed by atoms with Crippen molar-refractivity contribution >= 4 is 38.2 Å². The zero-order valence-corrected chi connectivity index (χ0v) is 20.8. The molecule has 0 aliphatic rings. The van der Waals surface area contributed by atoms with E-state index in [2.05, 4.69) is 9.71 Å². The summed E-state index contributed by atoms with van der Waals surface area (Å²) in [4.78, 5) is 20.3. The quantitative estimate of drug-likeness (QED) is 0.383. The molecule has 34 heavy (non-hydrogen) atoms. The van der Waals surface area contributed by atoms with Gasteiger partial charge in [0.1, 0.15) is 5.75 Å². The number of anilines is 1. The lowest BCUT2D eigenvalue weighted by Gasteiger charge is -2.16. The first kappa shape index (κ1) is 23.8. The molecular formula is C25H24ClN3O4S. The molecule has 7 nitrogen and oxygen atoms in total. The van der Waals surface area contributed by atoms with Crippen molar-refractivity contribution in [3.63, 3.8) is 0 Å². The smallest absolute Gasteiger partial charge is 0.256 e. The summed E-state index contributed by atoms with van der Waals surface area (Å²) in [5.41, 5.74) is 5.20. The molecular weight excluding hydrogens is 474 g/mol. The maximum absolute atomic E-state index is 12.8. The number of nitrogens with one attached hydrogen (secondary N) is 2. The molecule has 2 aromatic heterocycles.